The van der Waals surface area contributed by atoms with Crippen molar-refractivity contribution in [1.82, 2.24) is 63.5 Å². The van der Waals surface area contributed by atoms with Gasteiger partial charge in [0.1, 0.15) is 60.1 Å². The number of carbonyl (C=O) groups excluding carboxylic acids is 13. The van der Waals surface area contributed by atoms with Crippen LogP contribution in [0.5, 0.6) is 5.75 Å². The molecule has 0 spiro atoms. The first-order valence-corrected chi connectivity index (χ1v) is 30.8. The van der Waals surface area contributed by atoms with E-state index < -0.39 is 188 Å². The number of aliphatic hydroxyl groups is 1. The molecular weight excluding hydrogens is 1250 g/mol. The molecule has 33 nitrogen and oxygen atoms in total. The Balaban J connectivity index is 1.26. The number of hydrogen-bond donors (Lipinski definition) is 18. The number of phenols is 1. The number of fused-ring (bicyclic) bond motifs is 1. The van der Waals surface area contributed by atoms with E-state index in [1.807, 2.05) is 0 Å². The van der Waals surface area contributed by atoms with Gasteiger partial charge in [0.25, 0.3) is 0 Å². The number of carboxylic acid groups (broad SMARTS) is 2. The molecule has 10 atom stereocenters. The molecule has 0 aliphatic carbocycles. The number of carbonyl (C=O) groups is 15. The molecule has 0 bridgehead atoms. The summed E-state index contributed by atoms with van der Waals surface area (Å²) in [7, 11) is 0. The van der Waals surface area contributed by atoms with Gasteiger partial charge in [-0.1, -0.05) is 60.7 Å². The summed E-state index contributed by atoms with van der Waals surface area (Å²) in [4.78, 5) is 200. The first-order chi connectivity index (χ1) is 44.6. The molecular formula is C60H76N14O19S. The summed E-state index contributed by atoms with van der Waals surface area (Å²) >= 11 is 1.28. The summed E-state index contributed by atoms with van der Waals surface area (Å²) in [5.74, 6) is -15.9. The van der Waals surface area contributed by atoms with E-state index in [-0.39, 0.29) is 50.0 Å². The number of para-hydroxylation sites is 1. The molecule has 1 aliphatic rings. The van der Waals surface area contributed by atoms with Gasteiger partial charge in [0.05, 0.1) is 32.0 Å². The van der Waals surface area contributed by atoms with E-state index in [1.54, 1.807) is 67.0 Å². The van der Waals surface area contributed by atoms with E-state index in [2.05, 4.69) is 63.5 Å². The largest absolute Gasteiger partial charge is 0.508 e. The summed E-state index contributed by atoms with van der Waals surface area (Å²) in [6.45, 7) is -0.739. The third kappa shape index (κ3) is 24.2. The molecule has 1 saturated heterocycles. The Kier molecular flexibility index (Phi) is 28.7. The number of rotatable bonds is 38. The molecule has 5 rings (SSSR count). The number of nitrogens with one attached hydrogen (secondary N) is 12. The molecule has 2 heterocycles. The molecule has 94 heavy (non-hydrogen) atoms. The van der Waals surface area contributed by atoms with Gasteiger partial charge in [0.15, 0.2) is 0 Å². The molecule has 506 valence electrons. The van der Waals surface area contributed by atoms with Crippen LogP contribution >= 0.6 is 11.8 Å². The summed E-state index contributed by atoms with van der Waals surface area (Å²) in [6, 6.07) is 6.50. The SMILES string of the molecule is CSCC[C@H](NC(=O)[C@H](Cc1c[nH]c2ccccc12)NC(=O)CNC(=O)[C@@H](NC(=O)CNC(=O)[C@H](Cc1ccc(O)cc1)NC(=O)[C@H](CC(=O)O)NC(=O)[C@H](CCC(N)=O)NC(=O)[C@@H]1CCC(=O)N1)[C@@H](C)O)C(=O)N[C@@H](CC(=O)O)C(=O)N[C@@H](Cc1ccccc1)C(N)=O. The normalized spacial score (nSPS) is 15.4. The number of benzene rings is 3. The predicted molar refractivity (Wildman–Crippen MR) is 333 cm³/mol. The van der Waals surface area contributed by atoms with Crippen molar-refractivity contribution in [2.45, 2.75) is 132 Å². The minimum atomic E-state index is -1.95. The van der Waals surface area contributed by atoms with Gasteiger partial charge >= 0.3 is 11.9 Å². The smallest absolute Gasteiger partial charge is 0.305 e. The van der Waals surface area contributed by atoms with E-state index in [4.69, 9.17) is 11.5 Å². The van der Waals surface area contributed by atoms with Crippen LogP contribution < -0.4 is 70.0 Å². The van der Waals surface area contributed by atoms with Crippen LogP contribution in [0.2, 0.25) is 0 Å². The van der Waals surface area contributed by atoms with E-state index in [0.29, 0.717) is 27.6 Å². The highest BCUT2D eigenvalue weighted by molar-refractivity contribution is 7.98. The van der Waals surface area contributed by atoms with Gasteiger partial charge in [0, 0.05) is 49.2 Å². The number of nitrogens with two attached hydrogens (primary N) is 2. The summed E-state index contributed by atoms with van der Waals surface area (Å²) < 4.78 is 0. The maximum atomic E-state index is 14.4. The fraction of sp³-hybridized carbons (Fsp3) is 0.417. The second-order valence-electron chi connectivity index (χ2n) is 21.9. The second kappa shape index (κ2) is 36.4. The number of aromatic amines is 1. The van der Waals surface area contributed by atoms with E-state index in [0.717, 1.165) is 6.92 Å². The number of carboxylic acids is 2. The van der Waals surface area contributed by atoms with Gasteiger partial charge in [-0.25, -0.2) is 0 Å². The molecule has 4 aromatic rings. The molecule has 3 aromatic carbocycles. The second-order valence-corrected chi connectivity index (χ2v) is 22.9. The van der Waals surface area contributed by atoms with Crippen molar-refractivity contribution in [3.63, 3.8) is 0 Å². The van der Waals surface area contributed by atoms with Crippen LogP contribution in [-0.4, -0.2) is 200 Å². The maximum Gasteiger partial charge on any atom is 0.305 e. The van der Waals surface area contributed by atoms with Crippen molar-refractivity contribution in [2.24, 2.45) is 11.5 Å². The van der Waals surface area contributed by atoms with Gasteiger partial charge in [-0.15, -0.1) is 0 Å². The summed E-state index contributed by atoms with van der Waals surface area (Å²) in [6.07, 6.45) is -1.97. The van der Waals surface area contributed by atoms with Gasteiger partial charge in [-0.05, 0) is 73.1 Å². The zero-order valence-electron chi connectivity index (χ0n) is 51.0. The summed E-state index contributed by atoms with van der Waals surface area (Å²) in [5.41, 5.74) is 12.9. The molecule has 1 fully saturated rings. The highest BCUT2D eigenvalue weighted by Gasteiger charge is 2.37. The molecule has 0 unspecified atom stereocenters. The van der Waals surface area contributed by atoms with Gasteiger partial charge in [0.2, 0.25) is 76.8 Å². The number of aromatic nitrogens is 1. The predicted octanol–water partition coefficient (Wildman–Crippen LogP) is -4.88. The Morgan fingerprint density at radius 2 is 1.07 bits per heavy atom. The number of H-pyrrole nitrogens is 1. The number of hydrogen-bond acceptors (Lipinski definition) is 18. The first-order valence-electron chi connectivity index (χ1n) is 29.4. The average molecular weight is 1330 g/mol. The number of aliphatic hydroxyl groups excluding tert-OH is 1. The van der Waals surface area contributed by atoms with Crippen molar-refractivity contribution in [1.29, 1.82) is 0 Å². The van der Waals surface area contributed by atoms with E-state index in [1.165, 1.54) is 36.0 Å². The minimum Gasteiger partial charge on any atom is -0.508 e. The third-order valence-corrected chi connectivity index (χ3v) is 15.2. The van der Waals surface area contributed by atoms with E-state index in [9.17, 15) is 92.3 Å². The maximum absolute atomic E-state index is 14.4. The lowest BCUT2D eigenvalue weighted by atomic mass is 10.0. The van der Waals surface area contributed by atoms with Crippen molar-refractivity contribution in [3.8, 4) is 5.75 Å². The average Bonchev–Trinajstić information content (AvgIpc) is 1.63. The van der Waals surface area contributed by atoms with Crippen LogP contribution in [0.3, 0.4) is 0 Å². The quantitative estimate of drug-likeness (QED) is 0.0200. The first kappa shape index (κ1) is 74.1. The lowest BCUT2D eigenvalue weighted by molar-refractivity contribution is -0.142. The van der Waals surface area contributed by atoms with Crippen molar-refractivity contribution in [3.05, 3.63) is 102 Å². The lowest BCUT2D eigenvalue weighted by Gasteiger charge is -2.26. The molecule has 1 aliphatic heterocycles. The Morgan fingerprint density at radius 1 is 0.574 bits per heavy atom. The lowest BCUT2D eigenvalue weighted by Crippen LogP contribution is -2.59. The summed E-state index contributed by atoms with van der Waals surface area (Å²) in [5, 5.41) is 66.6. The Bertz CT molecular complexity index is 3420. The highest BCUT2D eigenvalue weighted by atomic mass is 32.2. The fourth-order valence-corrected chi connectivity index (χ4v) is 10.1. The number of phenolic OH excluding ortho intramolecular Hbond substituents is 1. The number of aliphatic carboxylic acids is 2. The minimum absolute atomic E-state index is 0.00959. The molecule has 20 N–H and O–H groups in total. The van der Waals surface area contributed by atoms with Crippen molar-refractivity contribution < 1.29 is 92.3 Å². The topological polar surface area (TPSA) is 537 Å². The van der Waals surface area contributed by atoms with Crippen LogP contribution in [0.4, 0.5) is 0 Å². The highest BCUT2D eigenvalue weighted by Crippen LogP contribution is 2.20. The molecule has 0 saturated carbocycles. The van der Waals surface area contributed by atoms with Crippen LogP contribution in [0.1, 0.15) is 68.6 Å². The number of aromatic hydroxyl groups is 1. The standard InChI is InChI=1S/C60H76N14O19S/c1-30(75)51(74-48(80)29-64-53(86)41(23-32-12-14-34(76)15-13-32)71-59(92)44(26-50(83)84)72-55(88)38(16-18-45(61)77)68-54(87)37-17-19-46(78)66-37)60(93)65-28-47(79)67-42(24-33-27-63-36-11-7-6-10-35(33)36)57(90)69-39(20-21-94-2)56(89)73-43(25-49(81)82)58(91)70-40(52(62)85)22-31-8-4-3-5-9-31/h3-15,27,30,37-44,51,63,75-76H,16-26,28-29H2,1-2H3,(H2,61,77)(H2,62,85)(H,64,86)(H,65,93)(H,66,78)(H,67,79)(H,68,87)(H,69,90)(H,70,91)(H,71,92)(H,72,88)(H,73,89)(H,74,80)(H,81,82)(H,83,84)/t30-,37+,38+,39+,40+,41+,42+,43+,44+,51+/m1/s1. The van der Waals surface area contributed by atoms with Crippen molar-refractivity contribution in [2.75, 3.05) is 25.1 Å². The Labute approximate surface area is 540 Å². The number of primary amides is 2. The molecule has 0 radical (unpaired) electrons. The van der Waals surface area contributed by atoms with Gasteiger partial charge in [-0.3, -0.25) is 71.9 Å². The zero-order chi connectivity index (χ0) is 69.2. The number of amides is 13. The van der Waals surface area contributed by atoms with Gasteiger partial charge < -0.3 is 95.4 Å². The Hall–Kier alpha value is -10.6. The zero-order valence-corrected chi connectivity index (χ0v) is 51.8. The molecule has 1 aromatic heterocycles. The monoisotopic (exact) mass is 1330 g/mol. The molecule has 34 heteroatoms. The van der Waals surface area contributed by atoms with Gasteiger partial charge in [-0.2, -0.15) is 11.8 Å². The Morgan fingerprint density at radius 3 is 1.64 bits per heavy atom. The number of thioether (sulfide) groups is 1. The van der Waals surface area contributed by atoms with Crippen LogP contribution in [-0.2, 0) is 91.2 Å². The van der Waals surface area contributed by atoms with Crippen LogP contribution in [0, 0.1) is 0 Å². The fourth-order valence-electron chi connectivity index (χ4n) is 9.59. The van der Waals surface area contributed by atoms with Crippen LogP contribution in [0.25, 0.3) is 10.9 Å². The third-order valence-electron chi connectivity index (χ3n) is 14.5. The van der Waals surface area contributed by atoms with E-state index >= 15 is 0 Å². The molecule has 13 amide bonds. The van der Waals surface area contributed by atoms with Crippen molar-refractivity contribution >= 4 is 111 Å². The van der Waals surface area contributed by atoms with Crippen LogP contribution in [0.15, 0.2) is 85.1 Å².